The molecule has 2 rings (SSSR count). The summed E-state index contributed by atoms with van der Waals surface area (Å²) < 4.78 is 18.3. The zero-order chi connectivity index (χ0) is 12.4. The molecule has 1 fully saturated rings. The van der Waals surface area contributed by atoms with Crippen molar-refractivity contribution < 1.29 is 9.13 Å². The maximum absolute atomic E-state index is 13.3. The van der Waals surface area contributed by atoms with Gasteiger partial charge in [0, 0.05) is 6.04 Å². The molecular weight excluding hydrogens is 217 g/mol. The molecule has 0 heterocycles. The van der Waals surface area contributed by atoms with Gasteiger partial charge in [-0.2, -0.15) is 0 Å². The van der Waals surface area contributed by atoms with Crippen molar-refractivity contribution in [3.63, 3.8) is 0 Å². The fourth-order valence-corrected chi connectivity index (χ4v) is 2.08. The van der Waals surface area contributed by atoms with E-state index in [1.54, 1.807) is 6.07 Å². The van der Waals surface area contributed by atoms with Crippen LogP contribution in [0.25, 0.3) is 0 Å². The van der Waals surface area contributed by atoms with Gasteiger partial charge in [-0.1, -0.05) is 13.0 Å². The van der Waals surface area contributed by atoms with Crippen molar-refractivity contribution in [1.82, 2.24) is 5.32 Å². The fraction of sp³-hybridized carbons (Fsp3) is 0.571. The Hall–Kier alpha value is -1.09. The van der Waals surface area contributed by atoms with Crippen LogP contribution in [-0.2, 0) is 0 Å². The molecule has 0 amide bonds. The van der Waals surface area contributed by atoms with Crippen molar-refractivity contribution in [3.05, 3.63) is 29.6 Å². The first-order chi connectivity index (χ1) is 8.11. The predicted octanol–water partition coefficient (Wildman–Crippen LogP) is 3.14. The number of rotatable bonds is 5. The van der Waals surface area contributed by atoms with Crippen LogP contribution in [-0.4, -0.2) is 13.7 Å². The molecule has 0 aliphatic heterocycles. The summed E-state index contributed by atoms with van der Waals surface area (Å²) >= 11 is 0. The highest BCUT2D eigenvalue weighted by molar-refractivity contribution is 5.31. The molecule has 3 unspecified atom stereocenters. The van der Waals surface area contributed by atoms with Gasteiger partial charge in [0.15, 0.2) is 11.6 Å². The van der Waals surface area contributed by atoms with E-state index in [1.165, 1.54) is 19.6 Å². The molecule has 0 radical (unpaired) electrons. The largest absolute Gasteiger partial charge is 0.494 e. The summed E-state index contributed by atoms with van der Waals surface area (Å²) in [7, 11) is 1.49. The summed E-state index contributed by atoms with van der Waals surface area (Å²) in [6, 6.07) is 5.28. The molecule has 1 aromatic rings. The molecule has 3 atom stereocenters. The Kier molecular flexibility index (Phi) is 3.67. The van der Waals surface area contributed by atoms with E-state index >= 15 is 0 Å². The molecule has 1 saturated carbocycles. The van der Waals surface area contributed by atoms with Crippen molar-refractivity contribution in [2.45, 2.75) is 26.3 Å². The van der Waals surface area contributed by atoms with Crippen LogP contribution in [0.4, 0.5) is 4.39 Å². The molecular formula is C14H20FNO. The summed E-state index contributed by atoms with van der Waals surface area (Å²) in [6.07, 6.45) is 1.33. The zero-order valence-electron chi connectivity index (χ0n) is 10.7. The highest BCUT2D eigenvalue weighted by Crippen LogP contribution is 2.37. The first kappa shape index (κ1) is 12.4. The smallest absolute Gasteiger partial charge is 0.165 e. The van der Waals surface area contributed by atoms with Crippen LogP contribution in [0.3, 0.4) is 0 Å². The molecule has 1 aliphatic carbocycles. The topological polar surface area (TPSA) is 21.3 Å². The molecule has 1 aliphatic rings. The van der Waals surface area contributed by atoms with Gasteiger partial charge in [-0.05, 0) is 49.4 Å². The summed E-state index contributed by atoms with van der Waals surface area (Å²) in [5.74, 6) is 1.69. The van der Waals surface area contributed by atoms with Crippen LogP contribution in [0, 0.1) is 17.7 Å². The zero-order valence-corrected chi connectivity index (χ0v) is 10.7. The molecule has 0 saturated heterocycles. The van der Waals surface area contributed by atoms with E-state index in [0.717, 1.165) is 23.9 Å². The van der Waals surface area contributed by atoms with Crippen LogP contribution < -0.4 is 10.1 Å². The number of ether oxygens (including phenoxy) is 1. The summed E-state index contributed by atoms with van der Waals surface area (Å²) in [6.45, 7) is 5.42. The van der Waals surface area contributed by atoms with E-state index in [9.17, 15) is 4.39 Å². The van der Waals surface area contributed by atoms with Gasteiger partial charge in [0.1, 0.15) is 0 Å². The summed E-state index contributed by atoms with van der Waals surface area (Å²) in [4.78, 5) is 0. The van der Waals surface area contributed by atoms with Crippen LogP contribution in [0.15, 0.2) is 18.2 Å². The first-order valence-corrected chi connectivity index (χ1v) is 6.18. The lowest BCUT2D eigenvalue weighted by Crippen LogP contribution is -2.21. The highest BCUT2D eigenvalue weighted by atomic mass is 19.1. The van der Waals surface area contributed by atoms with Crippen molar-refractivity contribution in [3.8, 4) is 5.75 Å². The van der Waals surface area contributed by atoms with E-state index in [1.807, 2.05) is 6.07 Å². The minimum Gasteiger partial charge on any atom is -0.494 e. The Bertz CT molecular complexity index is 394. The Labute approximate surface area is 102 Å². The third kappa shape index (κ3) is 2.97. The fourth-order valence-electron chi connectivity index (χ4n) is 2.08. The van der Waals surface area contributed by atoms with Crippen LogP contribution in [0.1, 0.15) is 31.9 Å². The van der Waals surface area contributed by atoms with Crippen molar-refractivity contribution in [1.29, 1.82) is 0 Å². The molecule has 94 valence electrons. The number of nitrogens with one attached hydrogen (secondary N) is 1. The Morgan fingerprint density at radius 2 is 2.24 bits per heavy atom. The minimum absolute atomic E-state index is 0.234. The second-order valence-corrected chi connectivity index (χ2v) is 5.00. The van der Waals surface area contributed by atoms with Crippen molar-refractivity contribution in [2.24, 2.45) is 11.8 Å². The van der Waals surface area contributed by atoms with Gasteiger partial charge < -0.3 is 10.1 Å². The average molecular weight is 237 g/mol. The number of hydrogen-bond donors (Lipinski definition) is 1. The average Bonchev–Trinajstić information content (AvgIpc) is 3.03. The number of hydrogen-bond acceptors (Lipinski definition) is 2. The van der Waals surface area contributed by atoms with E-state index < -0.39 is 0 Å². The predicted molar refractivity (Wildman–Crippen MR) is 66.6 cm³/mol. The molecule has 1 N–H and O–H groups in total. The first-order valence-electron chi connectivity index (χ1n) is 6.18. The highest BCUT2D eigenvalue weighted by Gasteiger charge is 2.32. The maximum atomic E-state index is 13.3. The molecule has 3 heteroatoms. The monoisotopic (exact) mass is 237 g/mol. The Balaban J connectivity index is 1.95. The lowest BCUT2D eigenvalue weighted by atomic mass is 10.1. The van der Waals surface area contributed by atoms with Gasteiger partial charge in [-0.25, -0.2) is 4.39 Å². The molecule has 1 aromatic carbocycles. The summed E-state index contributed by atoms with van der Waals surface area (Å²) in [5, 5.41) is 3.48. The SMILES string of the molecule is COc1cc(C(C)NCC2CC2C)ccc1F. The van der Waals surface area contributed by atoms with Gasteiger partial charge in [0.25, 0.3) is 0 Å². The van der Waals surface area contributed by atoms with Gasteiger partial charge in [0.05, 0.1) is 7.11 Å². The lowest BCUT2D eigenvalue weighted by Gasteiger charge is -2.15. The van der Waals surface area contributed by atoms with Crippen LogP contribution >= 0.6 is 0 Å². The molecule has 0 spiro atoms. The normalized spacial score (nSPS) is 24.5. The number of halogens is 1. The van der Waals surface area contributed by atoms with E-state index in [-0.39, 0.29) is 11.9 Å². The molecule has 0 aromatic heterocycles. The third-order valence-electron chi connectivity index (χ3n) is 3.64. The minimum atomic E-state index is -0.306. The van der Waals surface area contributed by atoms with E-state index in [0.29, 0.717) is 5.75 Å². The van der Waals surface area contributed by atoms with E-state index in [4.69, 9.17) is 4.74 Å². The quantitative estimate of drug-likeness (QED) is 0.849. The van der Waals surface area contributed by atoms with E-state index in [2.05, 4.69) is 19.2 Å². The lowest BCUT2D eigenvalue weighted by molar-refractivity contribution is 0.385. The third-order valence-corrected chi connectivity index (χ3v) is 3.64. The van der Waals surface area contributed by atoms with Gasteiger partial charge >= 0.3 is 0 Å². The number of benzene rings is 1. The standard InChI is InChI=1S/C14H20FNO/c1-9-6-12(9)8-16-10(2)11-4-5-13(15)14(7-11)17-3/h4-5,7,9-10,12,16H,6,8H2,1-3H3. The maximum Gasteiger partial charge on any atom is 0.165 e. The van der Waals surface area contributed by atoms with Crippen LogP contribution in [0.2, 0.25) is 0 Å². The van der Waals surface area contributed by atoms with Gasteiger partial charge in [0.2, 0.25) is 0 Å². The Morgan fingerprint density at radius 3 is 2.82 bits per heavy atom. The van der Waals surface area contributed by atoms with Crippen molar-refractivity contribution in [2.75, 3.05) is 13.7 Å². The van der Waals surface area contributed by atoms with Crippen LogP contribution in [0.5, 0.6) is 5.75 Å². The molecule has 0 bridgehead atoms. The molecule has 2 nitrogen and oxygen atoms in total. The molecule has 17 heavy (non-hydrogen) atoms. The summed E-state index contributed by atoms with van der Waals surface area (Å²) in [5.41, 5.74) is 1.07. The van der Waals surface area contributed by atoms with Gasteiger partial charge in [-0.15, -0.1) is 0 Å². The van der Waals surface area contributed by atoms with Gasteiger partial charge in [-0.3, -0.25) is 0 Å². The second-order valence-electron chi connectivity index (χ2n) is 5.00. The second kappa shape index (κ2) is 5.05. The Morgan fingerprint density at radius 1 is 1.53 bits per heavy atom. The van der Waals surface area contributed by atoms with Crippen molar-refractivity contribution >= 4 is 0 Å². The number of methoxy groups -OCH3 is 1.